The first-order valence-corrected chi connectivity index (χ1v) is 6.15. The Balaban J connectivity index is 4.18. The van der Waals surface area contributed by atoms with Gasteiger partial charge in [-0.15, -0.1) is 0 Å². The molecular weight excluding hydrogens is 188 g/mol. The Morgan fingerprint density at radius 2 is 1.60 bits per heavy atom. The number of hydrogen-bond acceptors (Lipinski definition) is 2. The van der Waals surface area contributed by atoms with Gasteiger partial charge in [-0.05, 0) is 33.6 Å². The summed E-state index contributed by atoms with van der Waals surface area (Å²) in [5.74, 6) is 0.215. The van der Waals surface area contributed by atoms with Crippen molar-refractivity contribution in [1.82, 2.24) is 10.2 Å². The molecule has 1 atom stereocenters. The number of hydrogen-bond donors (Lipinski definition) is 1. The Hall–Kier alpha value is -0.570. The molecule has 0 saturated heterocycles. The first kappa shape index (κ1) is 14.4. The van der Waals surface area contributed by atoms with Crippen LogP contribution in [-0.4, -0.2) is 36.0 Å². The molecule has 0 aromatic carbocycles. The van der Waals surface area contributed by atoms with Gasteiger partial charge >= 0.3 is 0 Å². The van der Waals surface area contributed by atoms with Gasteiger partial charge in [0.2, 0.25) is 5.91 Å². The lowest BCUT2D eigenvalue weighted by Gasteiger charge is -2.26. The Kier molecular flexibility index (Phi) is 7.39. The summed E-state index contributed by atoms with van der Waals surface area (Å²) in [4.78, 5) is 13.8. The van der Waals surface area contributed by atoms with E-state index >= 15 is 0 Å². The number of likely N-dealkylation sites (N-methyl/N-ethyl adjacent to an activating group) is 1. The molecule has 1 unspecified atom stereocenters. The van der Waals surface area contributed by atoms with Crippen molar-refractivity contribution in [2.45, 2.75) is 59.5 Å². The molecule has 0 aliphatic heterocycles. The summed E-state index contributed by atoms with van der Waals surface area (Å²) in [7, 11) is 0. The van der Waals surface area contributed by atoms with E-state index in [1.54, 1.807) is 0 Å². The Morgan fingerprint density at radius 3 is 1.93 bits per heavy atom. The van der Waals surface area contributed by atoms with Crippen LogP contribution in [0.2, 0.25) is 0 Å². The fourth-order valence-electron chi connectivity index (χ4n) is 1.76. The number of amides is 1. The highest BCUT2D eigenvalue weighted by molar-refractivity contribution is 5.81. The minimum Gasteiger partial charge on any atom is -0.342 e. The van der Waals surface area contributed by atoms with Gasteiger partial charge in [-0.2, -0.15) is 0 Å². The van der Waals surface area contributed by atoms with E-state index in [0.717, 1.165) is 25.9 Å². The number of nitrogens with one attached hydrogen (secondary N) is 1. The van der Waals surface area contributed by atoms with Gasteiger partial charge in [-0.25, -0.2) is 0 Å². The van der Waals surface area contributed by atoms with E-state index < -0.39 is 0 Å². The van der Waals surface area contributed by atoms with Crippen LogP contribution in [0.5, 0.6) is 0 Å². The summed E-state index contributed by atoms with van der Waals surface area (Å²) in [6.07, 6.45) is 2.15. The maximum atomic E-state index is 11.9. The molecule has 1 N–H and O–H groups in total. The van der Waals surface area contributed by atoms with Crippen LogP contribution in [0.3, 0.4) is 0 Å². The largest absolute Gasteiger partial charge is 0.342 e. The molecule has 3 heteroatoms. The molecule has 0 aromatic rings. The second kappa shape index (κ2) is 7.69. The molecule has 15 heavy (non-hydrogen) atoms. The molecule has 0 radical (unpaired) electrons. The summed E-state index contributed by atoms with van der Waals surface area (Å²) in [5, 5.41) is 3.37. The molecule has 0 saturated carbocycles. The van der Waals surface area contributed by atoms with Crippen LogP contribution in [0.25, 0.3) is 0 Å². The Morgan fingerprint density at radius 1 is 1.13 bits per heavy atom. The summed E-state index contributed by atoms with van der Waals surface area (Å²) in [6, 6.07) is 0.398. The predicted molar refractivity (Wildman–Crippen MR) is 64.9 cm³/mol. The topological polar surface area (TPSA) is 32.3 Å². The molecule has 0 bridgehead atoms. The van der Waals surface area contributed by atoms with Crippen LogP contribution in [-0.2, 0) is 4.79 Å². The van der Waals surface area contributed by atoms with Crippen molar-refractivity contribution in [3.63, 3.8) is 0 Å². The van der Waals surface area contributed by atoms with Crippen LogP contribution in [0.15, 0.2) is 0 Å². The highest BCUT2D eigenvalue weighted by atomic mass is 16.2. The van der Waals surface area contributed by atoms with E-state index in [1.807, 2.05) is 25.7 Å². The summed E-state index contributed by atoms with van der Waals surface area (Å²) in [5.41, 5.74) is 0. The third kappa shape index (κ3) is 4.65. The van der Waals surface area contributed by atoms with Gasteiger partial charge in [0.15, 0.2) is 0 Å². The second-order valence-corrected chi connectivity index (χ2v) is 3.91. The van der Waals surface area contributed by atoms with Crippen LogP contribution in [0.1, 0.15) is 47.5 Å². The molecule has 0 aromatic heterocycles. The van der Waals surface area contributed by atoms with Crippen LogP contribution < -0.4 is 5.32 Å². The lowest BCUT2D eigenvalue weighted by atomic mass is 10.1. The summed E-state index contributed by atoms with van der Waals surface area (Å²) < 4.78 is 0. The third-order valence-electron chi connectivity index (χ3n) is 2.92. The van der Waals surface area contributed by atoms with Crippen LogP contribution >= 0.6 is 0 Å². The van der Waals surface area contributed by atoms with Crippen molar-refractivity contribution < 1.29 is 4.79 Å². The SMILES string of the molecule is CCC(CC)NC(C)C(=O)N(CC)CC. The predicted octanol–water partition coefficient (Wildman–Crippen LogP) is 2.02. The first-order valence-electron chi connectivity index (χ1n) is 6.15. The molecule has 0 spiro atoms. The van der Waals surface area contributed by atoms with E-state index in [0.29, 0.717) is 6.04 Å². The third-order valence-corrected chi connectivity index (χ3v) is 2.92. The van der Waals surface area contributed by atoms with Crippen molar-refractivity contribution in [3.05, 3.63) is 0 Å². The van der Waals surface area contributed by atoms with Crippen molar-refractivity contribution in [3.8, 4) is 0 Å². The normalized spacial score (nSPS) is 12.9. The number of nitrogens with zero attached hydrogens (tertiary/aromatic N) is 1. The maximum absolute atomic E-state index is 11.9. The minimum atomic E-state index is -0.0604. The molecule has 0 aliphatic carbocycles. The van der Waals surface area contributed by atoms with Crippen molar-refractivity contribution in [1.29, 1.82) is 0 Å². The zero-order chi connectivity index (χ0) is 11.8. The molecule has 0 fully saturated rings. The second-order valence-electron chi connectivity index (χ2n) is 3.91. The number of carbonyl (C=O) groups excluding carboxylic acids is 1. The van der Waals surface area contributed by atoms with E-state index in [-0.39, 0.29) is 11.9 Å². The Bertz CT molecular complexity index is 174. The minimum absolute atomic E-state index is 0.0604. The molecule has 0 aliphatic rings. The van der Waals surface area contributed by atoms with Gasteiger partial charge < -0.3 is 10.2 Å². The molecule has 1 amide bonds. The maximum Gasteiger partial charge on any atom is 0.239 e. The molecular formula is C12H26N2O. The van der Waals surface area contributed by atoms with Gasteiger partial charge in [0.1, 0.15) is 0 Å². The standard InChI is InChI=1S/C12H26N2O/c1-6-11(7-2)13-10(5)12(15)14(8-3)9-4/h10-11,13H,6-9H2,1-5H3. The van der Waals surface area contributed by atoms with Crippen molar-refractivity contribution in [2.75, 3.05) is 13.1 Å². The summed E-state index contributed by atoms with van der Waals surface area (Å²) in [6.45, 7) is 11.9. The van der Waals surface area contributed by atoms with Gasteiger partial charge in [0.05, 0.1) is 6.04 Å². The van der Waals surface area contributed by atoms with Crippen molar-refractivity contribution >= 4 is 5.91 Å². The van der Waals surface area contributed by atoms with E-state index in [9.17, 15) is 4.79 Å². The highest BCUT2D eigenvalue weighted by Gasteiger charge is 2.19. The van der Waals surface area contributed by atoms with E-state index in [1.165, 1.54) is 0 Å². The monoisotopic (exact) mass is 214 g/mol. The first-order chi connectivity index (χ1) is 7.10. The van der Waals surface area contributed by atoms with Gasteiger partial charge in [-0.1, -0.05) is 13.8 Å². The smallest absolute Gasteiger partial charge is 0.239 e. The van der Waals surface area contributed by atoms with Crippen LogP contribution in [0.4, 0.5) is 0 Å². The quantitative estimate of drug-likeness (QED) is 0.703. The fourth-order valence-corrected chi connectivity index (χ4v) is 1.76. The van der Waals surface area contributed by atoms with Crippen molar-refractivity contribution in [2.24, 2.45) is 0 Å². The van der Waals surface area contributed by atoms with Gasteiger partial charge in [-0.3, -0.25) is 4.79 Å². The fraction of sp³-hybridized carbons (Fsp3) is 0.917. The summed E-state index contributed by atoms with van der Waals surface area (Å²) >= 11 is 0. The average Bonchev–Trinajstić information content (AvgIpc) is 2.26. The zero-order valence-electron chi connectivity index (χ0n) is 10.8. The van der Waals surface area contributed by atoms with E-state index in [4.69, 9.17) is 0 Å². The lowest BCUT2D eigenvalue weighted by Crippen LogP contribution is -2.48. The molecule has 3 nitrogen and oxygen atoms in total. The van der Waals surface area contributed by atoms with E-state index in [2.05, 4.69) is 19.2 Å². The Labute approximate surface area is 94.2 Å². The van der Waals surface area contributed by atoms with Crippen LogP contribution in [0, 0.1) is 0 Å². The lowest BCUT2D eigenvalue weighted by molar-refractivity contribution is -0.132. The molecule has 0 heterocycles. The molecule has 0 rings (SSSR count). The molecule has 90 valence electrons. The highest BCUT2D eigenvalue weighted by Crippen LogP contribution is 2.01. The zero-order valence-corrected chi connectivity index (χ0v) is 10.8. The van der Waals surface area contributed by atoms with Gasteiger partial charge in [0, 0.05) is 19.1 Å². The average molecular weight is 214 g/mol. The number of carbonyl (C=O) groups is 1. The van der Waals surface area contributed by atoms with Gasteiger partial charge in [0.25, 0.3) is 0 Å². The number of rotatable bonds is 7.